The van der Waals surface area contributed by atoms with E-state index in [1.165, 1.54) is 7.05 Å². The highest BCUT2D eigenvalue weighted by atomic mass is 19.4. The fourth-order valence-electron chi connectivity index (χ4n) is 2.29. The van der Waals surface area contributed by atoms with Gasteiger partial charge in [-0.3, -0.25) is 4.79 Å². The van der Waals surface area contributed by atoms with Gasteiger partial charge in [0.1, 0.15) is 6.54 Å². The second kappa shape index (κ2) is 5.39. The molecule has 17 heavy (non-hydrogen) atoms. The number of hydrogen-bond acceptors (Lipinski definition) is 2. The van der Waals surface area contributed by atoms with Crippen LogP contribution in [-0.4, -0.2) is 30.6 Å². The molecule has 0 aromatic carbocycles. The lowest BCUT2D eigenvalue weighted by Crippen LogP contribution is -2.43. The van der Waals surface area contributed by atoms with Crippen LogP contribution in [0.15, 0.2) is 0 Å². The standard InChI is InChI=1S/C11H15F3N2O/c1-16(7-6-15)10(17)8-4-2-3-5-9(8)11(12,13)14/h8-9H,2-5,7H2,1H3. The Morgan fingerprint density at radius 2 is 2.00 bits per heavy atom. The highest BCUT2D eigenvalue weighted by Gasteiger charge is 2.48. The number of carbonyl (C=O) groups excluding carboxylic acids is 1. The predicted molar refractivity (Wildman–Crippen MR) is 54.8 cm³/mol. The van der Waals surface area contributed by atoms with Crippen molar-refractivity contribution in [2.75, 3.05) is 13.6 Å². The van der Waals surface area contributed by atoms with Crippen molar-refractivity contribution in [2.45, 2.75) is 31.9 Å². The first-order valence-electron chi connectivity index (χ1n) is 5.56. The van der Waals surface area contributed by atoms with Crippen molar-refractivity contribution in [3.63, 3.8) is 0 Å². The molecule has 0 heterocycles. The number of alkyl halides is 3. The molecule has 0 aliphatic heterocycles. The molecule has 1 amide bonds. The Labute approximate surface area is 98.2 Å². The first kappa shape index (κ1) is 13.8. The number of amides is 1. The van der Waals surface area contributed by atoms with Gasteiger partial charge in [0.05, 0.1) is 12.0 Å². The van der Waals surface area contributed by atoms with Crippen molar-refractivity contribution in [3.05, 3.63) is 0 Å². The number of halogens is 3. The summed E-state index contributed by atoms with van der Waals surface area (Å²) in [6.45, 7) is -0.167. The first-order valence-corrected chi connectivity index (χ1v) is 5.56. The van der Waals surface area contributed by atoms with Gasteiger partial charge in [-0.1, -0.05) is 12.8 Å². The second-order valence-electron chi connectivity index (χ2n) is 4.39. The monoisotopic (exact) mass is 248 g/mol. The lowest BCUT2D eigenvalue weighted by molar-refractivity contribution is -0.200. The fourth-order valence-corrected chi connectivity index (χ4v) is 2.29. The minimum Gasteiger partial charge on any atom is -0.332 e. The van der Waals surface area contributed by atoms with Crippen LogP contribution in [0.4, 0.5) is 13.2 Å². The number of carbonyl (C=O) groups is 1. The molecule has 96 valence electrons. The van der Waals surface area contributed by atoms with E-state index in [0.717, 1.165) is 4.90 Å². The van der Waals surface area contributed by atoms with Crippen LogP contribution in [0.3, 0.4) is 0 Å². The molecule has 1 aliphatic carbocycles. The van der Waals surface area contributed by atoms with E-state index in [4.69, 9.17) is 5.26 Å². The SMILES string of the molecule is CN(CC#N)C(=O)C1CCCCC1C(F)(F)F. The molecular formula is C11H15F3N2O. The highest BCUT2D eigenvalue weighted by molar-refractivity contribution is 5.79. The summed E-state index contributed by atoms with van der Waals surface area (Å²) in [4.78, 5) is 12.9. The summed E-state index contributed by atoms with van der Waals surface area (Å²) >= 11 is 0. The number of nitriles is 1. The van der Waals surface area contributed by atoms with E-state index < -0.39 is 23.9 Å². The topological polar surface area (TPSA) is 44.1 Å². The average Bonchev–Trinajstić information content (AvgIpc) is 2.27. The van der Waals surface area contributed by atoms with Crippen LogP contribution in [-0.2, 0) is 4.79 Å². The lowest BCUT2D eigenvalue weighted by atomic mass is 9.78. The lowest BCUT2D eigenvalue weighted by Gasteiger charge is -2.33. The molecule has 0 saturated heterocycles. The van der Waals surface area contributed by atoms with E-state index in [1.807, 2.05) is 0 Å². The van der Waals surface area contributed by atoms with E-state index in [0.29, 0.717) is 12.8 Å². The van der Waals surface area contributed by atoms with Gasteiger partial charge < -0.3 is 4.90 Å². The van der Waals surface area contributed by atoms with E-state index in [2.05, 4.69) is 0 Å². The van der Waals surface area contributed by atoms with Crippen molar-refractivity contribution in [2.24, 2.45) is 11.8 Å². The molecule has 0 aromatic rings. The van der Waals surface area contributed by atoms with Gasteiger partial charge >= 0.3 is 6.18 Å². The minimum atomic E-state index is -4.33. The fraction of sp³-hybridized carbons (Fsp3) is 0.818. The summed E-state index contributed by atoms with van der Waals surface area (Å²) in [6.07, 6.45) is -2.90. The zero-order chi connectivity index (χ0) is 13.1. The minimum absolute atomic E-state index is 0.0142. The molecule has 0 spiro atoms. The molecule has 2 atom stereocenters. The van der Waals surface area contributed by atoms with E-state index in [-0.39, 0.29) is 19.4 Å². The molecule has 0 N–H and O–H groups in total. The third-order valence-corrected chi connectivity index (χ3v) is 3.19. The Bertz CT molecular complexity index is 322. The summed E-state index contributed by atoms with van der Waals surface area (Å²) in [5.74, 6) is -3.12. The Morgan fingerprint density at radius 1 is 1.41 bits per heavy atom. The normalized spacial score (nSPS) is 25.1. The molecule has 2 unspecified atom stereocenters. The van der Waals surface area contributed by atoms with E-state index in [1.54, 1.807) is 6.07 Å². The maximum atomic E-state index is 12.8. The van der Waals surface area contributed by atoms with Crippen molar-refractivity contribution in [1.82, 2.24) is 4.90 Å². The van der Waals surface area contributed by atoms with Gasteiger partial charge in [0, 0.05) is 13.0 Å². The first-order chi connectivity index (χ1) is 7.88. The summed E-state index contributed by atoms with van der Waals surface area (Å²) in [6, 6.07) is 1.76. The molecule has 3 nitrogen and oxygen atoms in total. The maximum absolute atomic E-state index is 12.8. The van der Waals surface area contributed by atoms with Gasteiger partial charge in [0.25, 0.3) is 0 Å². The molecule has 0 radical (unpaired) electrons. The van der Waals surface area contributed by atoms with Gasteiger partial charge in [0.15, 0.2) is 0 Å². The van der Waals surface area contributed by atoms with Gasteiger partial charge in [-0.15, -0.1) is 0 Å². The molecule has 0 bridgehead atoms. The summed E-state index contributed by atoms with van der Waals surface area (Å²) < 4.78 is 38.3. The van der Waals surface area contributed by atoms with Gasteiger partial charge in [-0.2, -0.15) is 18.4 Å². The van der Waals surface area contributed by atoms with Crippen LogP contribution >= 0.6 is 0 Å². The van der Waals surface area contributed by atoms with Gasteiger partial charge in [-0.05, 0) is 12.8 Å². The van der Waals surface area contributed by atoms with Crippen LogP contribution in [0.1, 0.15) is 25.7 Å². The Kier molecular flexibility index (Phi) is 4.38. The van der Waals surface area contributed by atoms with Gasteiger partial charge in [-0.25, -0.2) is 0 Å². The second-order valence-corrected chi connectivity index (χ2v) is 4.39. The summed E-state index contributed by atoms with van der Waals surface area (Å²) in [5, 5.41) is 8.44. The Morgan fingerprint density at radius 3 is 2.53 bits per heavy atom. The number of hydrogen-bond donors (Lipinski definition) is 0. The quantitative estimate of drug-likeness (QED) is 0.704. The molecule has 1 saturated carbocycles. The highest BCUT2D eigenvalue weighted by Crippen LogP contribution is 2.42. The van der Waals surface area contributed by atoms with Crippen LogP contribution < -0.4 is 0 Å². The van der Waals surface area contributed by atoms with Crippen LogP contribution in [0.25, 0.3) is 0 Å². The number of rotatable bonds is 2. The zero-order valence-corrected chi connectivity index (χ0v) is 9.63. The van der Waals surface area contributed by atoms with Crippen LogP contribution in [0, 0.1) is 23.2 Å². The maximum Gasteiger partial charge on any atom is 0.392 e. The average molecular weight is 248 g/mol. The van der Waals surface area contributed by atoms with Crippen molar-refractivity contribution < 1.29 is 18.0 Å². The van der Waals surface area contributed by atoms with Crippen molar-refractivity contribution in [3.8, 4) is 6.07 Å². The Balaban J connectivity index is 2.78. The van der Waals surface area contributed by atoms with Crippen molar-refractivity contribution in [1.29, 1.82) is 5.26 Å². The molecular weight excluding hydrogens is 233 g/mol. The molecule has 0 aromatic heterocycles. The molecule has 1 rings (SSSR count). The third-order valence-electron chi connectivity index (χ3n) is 3.19. The van der Waals surface area contributed by atoms with Crippen LogP contribution in [0.5, 0.6) is 0 Å². The van der Waals surface area contributed by atoms with E-state index >= 15 is 0 Å². The smallest absolute Gasteiger partial charge is 0.332 e. The largest absolute Gasteiger partial charge is 0.392 e. The predicted octanol–water partition coefficient (Wildman–Crippen LogP) is 2.34. The third kappa shape index (κ3) is 3.35. The molecule has 1 fully saturated rings. The zero-order valence-electron chi connectivity index (χ0n) is 9.63. The van der Waals surface area contributed by atoms with Crippen molar-refractivity contribution >= 4 is 5.91 Å². The molecule has 6 heteroatoms. The summed E-state index contributed by atoms with van der Waals surface area (Å²) in [5.41, 5.74) is 0. The summed E-state index contributed by atoms with van der Waals surface area (Å²) in [7, 11) is 1.37. The number of nitrogens with zero attached hydrogens (tertiary/aromatic N) is 2. The Hall–Kier alpha value is -1.25. The molecule has 1 aliphatic rings. The van der Waals surface area contributed by atoms with Crippen LogP contribution in [0.2, 0.25) is 0 Å². The van der Waals surface area contributed by atoms with E-state index in [9.17, 15) is 18.0 Å². The van der Waals surface area contributed by atoms with Gasteiger partial charge in [0.2, 0.25) is 5.91 Å².